The van der Waals surface area contributed by atoms with Crippen LogP contribution >= 0.6 is 11.6 Å². The molecule has 3 heterocycles. The van der Waals surface area contributed by atoms with Gasteiger partial charge in [0.1, 0.15) is 10.8 Å². The number of halogens is 1. The monoisotopic (exact) mass is 301 g/mol. The number of hydrogen-bond donors (Lipinski definition) is 1. The highest BCUT2D eigenvalue weighted by Crippen LogP contribution is 2.12. The molecule has 0 bridgehead atoms. The number of carbonyl (C=O) groups is 1. The molecule has 1 N–H and O–H groups in total. The van der Waals surface area contributed by atoms with E-state index in [9.17, 15) is 4.79 Å². The minimum absolute atomic E-state index is 0.160. The van der Waals surface area contributed by atoms with E-state index in [2.05, 4.69) is 20.4 Å². The highest BCUT2D eigenvalue weighted by molar-refractivity contribution is 6.29. The molecule has 1 atom stereocenters. The second-order valence-corrected chi connectivity index (χ2v) is 4.95. The Morgan fingerprint density at radius 1 is 1.38 bits per heavy atom. The third-order valence-corrected chi connectivity index (χ3v) is 3.25. The van der Waals surface area contributed by atoms with E-state index in [4.69, 9.17) is 11.6 Å². The Balaban J connectivity index is 1.80. The van der Waals surface area contributed by atoms with Crippen molar-refractivity contribution < 1.29 is 4.79 Å². The summed E-state index contributed by atoms with van der Waals surface area (Å²) in [5.41, 5.74) is 1.79. The van der Waals surface area contributed by atoms with Gasteiger partial charge >= 0.3 is 0 Å². The van der Waals surface area contributed by atoms with Gasteiger partial charge < -0.3 is 5.32 Å². The van der Waals surface area contributed by atoms with Gasteiger partial charge in [-0.15, -0.1) is 0 Å². The molecule has 0 saturated carbocycles. The lowest BCUT2D eigenvalue weighted by Gasteiger charge is -2.12. The van der Waals surface area contributed by atoms with E-state index in [1.54, 1.807) is 30.7 Å². The van der Waals surface area contributed by atoms with Gasteiger partial charge in [0.15, 0.2) is 5.65 Å². The standard InChI is InChI=1S/C14H12ClN5O/c1-9(10-3-2-6-16-7-10)17-14(21)11-8-20-13(18-11)5-4-12(15)19-20/h2-9H,1H3,(H,17,21)/t9-/m0/s1. The first-order valence-corrected chi connectivity index (χ1v) is 6.74. The molecule has 0 aliphatic heterocycles. The van der Waals surface area contributed by atoms with Crippen LogP contribution in [0.5, 0.6) is 0 Å². The van der Waals surface area contributed by atoms with Crippen LogP contribution in [-0.2, 0) is 0 Å². The first-order chi connectivity index (χ1) is 10.1. The minimum atomic E-state index is -0.270. The number of rotatable bonds is 3. The number of amides is 1. The van der Waals surface area contributed by atoms with Crippen LogP contribution < -0.4 is 5.32 Å². The summed E-state index contributed by atoms with van der Waals surface area (Å²) >= 11 is 5.80. The maximum absolute atomic E-state index is 12.2. The molecule has 21 heavy (non-hydrogen) atoms. The van der Waals surface area contributed by atoms with Gasteiger partial charge in [-0.2, -0.15) is 5.10 Å². The van der Waals surface area contributed by atoms with Crippen molar-refractivity contribution in [3.63, 3.8) is 0 Å². The van der Waals surface area contributed by atoms with Crippen molar-refractivity contribution in [3.8, 4) is 0 Å². The Labute approximate surface area is 125 Å². The summed E-state index contributed by atoms with van der Waals surface area (Å²) in [5.74, 6) is -0.270. The van der Waals surface area contributed by atoms with E-state index in [1.807, 2.05) is 19.1 Å². The largest absolute Gasteiger partial charge is 0.344 e. The van der Waals surface area contributed by atoms with Crippen LogP contribution in [0.3, 0.4) is 0 Å². The van der Waals surface area contributed by atoms with Crippen LogP contribution in [0.4, 0.5) is 0 Å². The highest BCUT2D eigenvalue weighted by Gasteiger charge is 2.15. The van der Waals surface area contributed by atoms with Gasteiger partial charge in [0.2, 0.25) is 0 Å². The molecule has 6 nitrogen and oxygen atoms in total. The van der Waals surface area contributed by atoms with E-state index < -0.39 is 0 Å². The number of fused-ring (bicyclic) bond motifs is 1. The smallest absolute Gasteiger partial charge is 0.272 e. The molecule has 0 aliphatic rings. The predicted molar refractivity (Wildman–Crippen MR) is 78.1 cm³/mol. The molecule has 0 spiro atoms. The van der Waals surface area contributed by atoms with Gasteiger partial charge in [-0.3, -0.25) is 9.78 Å². The number of imidazole rings is 1. The summed E-state index contributed by atoms with van der Waals surface area (Å²) in [5, 5.41) is 7.26. The zero-order valence-electron chi connectivity index (χ0n) is 11.2. The van der Waals surface area contributed by atoms with Crippen molar-refractivity contribution in [2.75, 3.05) is 0 Å². The molecule has 3 aromatic heterocycles. The first-order valence-electron chi connectivity index (χ1n) is 6.36. The average molecular weight is 302 g/mol. The first kappa shape index (κ1) is 13.5. The zero-order valence-corrected chi connectivity index (χ0v) is 11.9. The second kappa shape index (κ2) is 5.49. The number of hydrogen-bond acceptors (Lipinski definition) is 4. The summed E-state index contributed by atoms with van der Waals surface area (Å²) in [7, 11) is 0. The number of carbonyl (C=O) groups excluding carboxylic acids is 1. The summed E-state index contributed by atoms with van der Waals surface area (Å²) < 4.78 is 1.48. The third kappa shape index (κ3) is 2.85. The quantitative estimate of drug-likeness (QED) is 0.805. The fraction of sp³-hybridized carbons (Fsp3) is 0.143. The lowest BCUT2D eigenvalue weighted by atomic mass is 10.1. The SMILES string of the molecule is C[C@H](NC(=O)c1cn2nc(Cl)ccc2n1)c1cccnc1. The van der Waals surface area contributed by atoms with Gasteiger partial charge in [0, 0.05) is 12.4 Å². The summed E-state index contributed by atoms with van der Waals surface area (Å²) in [4.78, 5) is 20.5. The lowest BCUT2D eigenvalue weighted by Crippen LogP contribution is -2.26. The molecule has 0 aliphatic carbocycles. The normalized spacial score (nSPS) is 12.3. The van der Waals surface area contributed by atoms with Crippen LogP contribution in [-0.4, -0.2) is 25.5 Å². The minimum Gasteiger partial charge on any atom is -0.344 e. The molecular formula is C14H12ClN5O. The Kier molecular flexibility index (Phi) is 3.53. The molecule has 0 unspecified atom stereocenters. The van der Waals surface area contributed by atoms with E-state index in [-0.39, 0.29) is 11.9 Å². The Morgan fingerprint density at radius 3 is 3.00 bits per heavy atom. The van der Waals surface area contributed by atoms with Crippen LogP contribution in [0.1, 0.15) is 29.0 Å². The Bertz CT molecular complexity index is 786. The van der Waals surface area contributed by atoms with Gasteiger partial charge in [0.25, 0.3) is 5.91 Å². The maximum Gasteiger partial charge on any atom is 0.272 e. The highest BCUT2D eigenvalue weighted by atomic mass is 35.5. The zero-order chi connectivity index (χ0) is 14.8. The summed E-state index contributed by atoms with van der Waals surface area (Å²) in [6.07, 6.45) is 4.96. The van der Waals surface area contributed by atoms with Gasteiger partial charge in [0.05, 0.1) is 12.2 Å². The van der Waals surface area contributed by atoms with E-state index in [1.165, 1.54) is 4.52 Å². The predicted octanol–water partition coefficient (Wildman–Crippen LogP) is 2.27. The number of nitrogens with one attached hydrogen (secondary N) is 1. The summed E-state index contributed by atoms with van der Waals surface area (Å²) in [6.45, 7) is 1.89. The molecule has 0 fully saturated rings. The maximum atomic E-state index is 12.2. The number of aromatic nitrogens is 4. The molecule has 106 valence electrons. The van der Waals surface area contributed by atoms with Crippen LogP contribution in [0.15, 0.2) is 42.9 Å². The molecule has 0 aromatic carbocycles. The molecule has 0 radical (unpaired) electrons. The number of nitrogens with zero attached hydrogens (tertiary/aromatic N) is 4. The lowest BCUT2D eigenvalue weighted by molar-refractivity contribution is 0.0935. The molecular weight excluding hydrogens is 290 g/mol. The summed E-state index contributed by atoms with van der Waals surface area (Å²) in [6, 6.07) is 6.91. The van der Waals surface area contributed by atoms with Crippen LogP contribution in [0, 0.1) is 0 Å². The van der Waals surface area contributed by atoms with Gasteiger partial charge in [-0.05, 0) is 30.7 Å². The van der Waals surface area contributed by atoms with Crippen LogP contribution in [0.2, 0.25) is 5.15 Å². The van der Waals surface area contributed by atoms with Crippen molar-refractivity contribution in [3.05, 3.63) is 59.3 Å². The van der Waals surface area contributed by atoms with E-state index in [0.29, 0.717) is 16.5 Å². The molecule has 3 rings (SSSR count). The molecule has 3 aromatic rings. The number of pyridine rings is 1. The van der Waals surface area contributed by atoms with Crippen molar-refractivity contribution in [1.82, 2.24) is 24.9 Å². The molecule has 7 heteroatoms. The van der Waals surface area contributed by atoms with Crippen molar-refractivity contribution in [1.29, 1.82) is 0 Å². The van der Waals surface area contributed by atoms with Crippen LogP contribution in [0.25, 0.3) is 5.65 Å². The Morgan fingerprint density at radius 2 is 2.24 bits per heavy atom. The van der Waals surface area contributed by atoms with Gasteiger partial charge in [-0.1, -0.05) is 17.7 Å². The second-order valence-electron chi connectivity index (χ2n) is 4.57. The molecule has 0 saturated heterocycles. The molecule has 1 amide bonds. The van der Waals surface area contributed by atoms with Crippen molar-refractivity contribution in [2.45, 2.75) is 13.0 Å². The van der Waals surface area contributed by atoms with Gasteiger partial charge in [-0.25, -0.2) is 9.50 Å². The fourth-order valence-electron chi connectivity index (χ4n) is 1.95. The van der Waals surface area contributed by atoms with Crippen molar-refractivity contribution in [2.24, 2.45) is 0 Å². The van der Waals surface area contributed by atoms with E-state index in [0.717, 1.165) is 5.56 Å². The Hall–Kier alpha value is -2.47. The van der Waals surface area contributed by atoms with E-state index >= 15 is 0 Å². The van der Waals surface area contributed by atoms with Crippen molar-refractivity contribution >= 4 is 23.2 Å². The topological polar surface area (TPSA) is 72.2 Å². The fourth-order valence-corrected chi connectivity index (χ4v) is 2.10. The third-order valence-electron chi connectivity index (χ3n) is 3.05. The average Bonchev–Trinajstić information content (AvgIpc) is 2.91.